The second-order valence-corrected chi connectivity index (χ2v) is 5.54. The Labute approximate surface area is 125 Å². The lowest BCUT2D eigenvalue weighted by Crippen LogP contribution is -2.34. The lowest BCUT2D eigenvalue weighted by Gasteiger charge is -2.23. The van der Waals surface area contributed by atoms with Crippen LogP contribution in [0.25, 0.3) is 11.3 Å². The van der Waals surface area contributed by atoms with E-state index in [1.807, 2.05) is 17.5 Å². The average molecular weight is 303 g/mol. The maximum atomic E-state index is 11.6. The smallest absolute Gasteiger partial charge is 0.265 e. The summed E-state index contributed by atoms with van der Waals surface area (Å²) in [4.78, 5) is 27.0. The molecule has 0 saturated carbocycles. The van der Waals surface area contributed by atoms with Gasteiger partial charge in [-0.15, -0.1) is 11.3 Å². The molecular formula is C14H13N3O3S. The Morgan fingerprint density at radius 2 is 2.29 bits per heavy atom. The molecular weight excluding hydrogens is 290 g/mol. The molecule has 6 nitrogen and oxygen atoms in total. The molecule has 108 valence electrons. The molecule has 2 N–H and O–H groups in total. The molecule has 2 amide bonds. The number of nitrogens with one attached hydrogen (secondary N) is 2. The molecule has 21 heavy (non-hydrogen) atoms. The van der Waals surface area contributed by atoms with E-state index in [0.29, 0.717) is 16.6 Å². The number of fused-ring (bicyclic) bond motifs is 1. The van der Waals surface area contributed by atoms with Crippen molar-refractivity contribution in [3.63, 3.8) is 0 Å². The molecule has 0 bridgehead atoms. The molecule has 1 aliphatic heterocycles. The summed E-state index contributed by atoms with van der Waals surface area (Å²) in [5.74, 6) is 0.316. The maximum absolute atomic E-state index is 11.6. The molecule has 0 aliphatic carbocycles. The van der Waals surface area contributed by atoms with Crippen LogP contribution in [0, 0.1) is 0 Å². The minimum Gasteiger partial charge on any atom is -0.479 e. The Hall–Kier alpha value is -2.41. The number of amides is 2. The fraction of sp³-hybridized carbons (Fsp3) is 0.214. The first kappa shape index (κ1) is 13.6. The topological polar surface area (TPSA) is 80.3 Å². The largest absolute Gasteiger partial charge is 0.479 e. The van der Waals surface area contributed by atoms with E-state index >= 15 is 0 Å². The fourth-order valence-corrected chi connectivity index (χ4v) is 2.75. The van der Waals surface area contributed by atoms with Crippen molar-refractivity contribution in [1.29, 1.82) is 0 Å². The number of hydrogen-bond acceptors (Lipinski definition) is 5. The monoisotopic (exact) mass is 303 g/mol. The van der Waals surface area contributed by atoms with Crippen molar-refractivity contribution >= 4 is 34.0 Å². The number of carbonyl (C=O) groups is 2. The van der Waals surface area contributed by atoms with Crippen LogP contribution in [0.2, 0.25) is 0 Å². The van der Waals surface area contributed by atoms with E-state index in [-0.39, 0.29) is 11.8 Å². The minimum atomic E-state index is -0.492. The number of benzene rings is 1. The van der Waals surface area contributed by atoms with Gasteiger partial charge < -0.3 is 15.4 Å². The number of nitrogens with zero attached hydrogens (tertiary/aromatic N) is 1. The first-order valence-corrected chi connectivity index (χ1v) is 7.26. The highest BCUT2D eigenvalue weighted by molar-refractivity contribution is 7.14. The summed E-state index contributed by atoms with van der Waals surface area (Å²) in [5.41, 5.74) is 2.21. The van der Waals surface area contributed by atoms with Crippen LogP contribution < -0.4 is 15.4 Å². The van der Waals surface area contributed by atoms with Gasteiger partial charge in [-0.3, -0.25) is 9.59 Å². The van der Waals surface area contributed by atoms with Gasteiger partial charge in [-0.2, -0.15) is 0 Å². The Morgan fingerprint density at radius 3 is 3.05 bits per heavy atom. The number of thiazole rings is 1. The van der Waals surface area contributed by atoms with Crippen LogP contribution in [0.3, 0.4) is 0 Å². The van der Waals surface area contributed by atoms with Gasteiger partial charge >= 0.3 is 0 Å². The second kappa shape index (κ2) is 5.17. The standard InChI is InChI=1S/C14H13N3O3S/c1-7-13(19)16-10-5-9(3-4-12(10)20-7)11-6-21-14(17-11)15-8(2)18/h3-7H,1-2H3,(H,16,19)(H,15,17,18)/t7-/m1/s1. The average Bonchev–Trinajstić information content (AvgIpc) is 2.87. The van der Waals surface area contributed by atoms with Crippen LogP contribution in [0.1, 0.15) is 13.8 Å². The highest BCUT2D eigenvalue weighted by atomic mass is 32.1. The lowest BCUT2D eigenvalue weighted by atomic mass is 10.1. The quantitative estimate of drug-likeness (QED) is 0.893. The Bertz CT molecular complexity index is 726. The van der Waals surface area contributed by atoms with Crippen molar-refractivity contribution in [2.24, 2.45) is 0 Å². The van der Waals surface area contributed by atoms with E-state index in [4.69, 9.17) is 4.74 Å². The SMILES string of the molecule is CC(=O)Nc1nc(-c2ccc3c(c2)NC(=O)[C@@H](C)O3)cs1. The highest BCUT2D eigenvalue weighted by Gasteiger charge is 2.23. The van der Waals surface area contributed by atoms with Crippen LogP contribution in [0.4, 0.5) is 10.8 Å². The lowest BCUT2D eigenvalue weighted by molar-refractivity contribution is -0.122. The van der Waals surface area contributed by atoms with E-state index in [0.717, 1.165) is 11.3 Å². The molecule has 1 aromatic heterocycles. The summed E-state index contributed by atoms with van der Waals surface area (Å²) in [5, 5.41) is 7.84. The van der Waals surface area contributed by atoms with Gasteiger partial charge in [0.15, 0.2) is 11.2 Å². The summed E-state index contributed by atoms with van der Waals surface area (Å²) >= 11 is 1.35. The molecule has 0 spiro atoms. The highest BCUT2D eigenvalue weighted by Crippen LogP contribution is 2.34. The van der Waals surface area contributed by atoms with Crippen LogP contribution in [0.15, 0.2) is 23.6 Å². The molecule has 7 heteroatoms. The van der Waals surface area contributed by atoms with E-state index < -0.39 is 6.10 Å². The summed E-state index contributed by atoms with van der Waals surface area (Å²) in [7, 11) is 0. The predicted octanol–water partition coefficient (Wildman–Crippen LogP) is 2.49. The normalized spacial score (nSPS) is 16.7. The van der Waals surface area contributed by atoms with Gasteiger partial charge in [0.25, 0.3) is 5.91 Å². The van der Waals surface area contributed by atoms with Crippen molar-refractivity contribution in [2.75, 3.05) is 10.6 Å². The first-order valence-electron chi connectivity index (χ1n) is 6.38. The number of aromatic nitrogens is 1. The van der Waals surface area contributed by atoms with Crippen molar-refractivity contribution < 1.29 is 14.3 Å². The molecule has 0 saturated heterocycles. The third kappa shape index (κ3) is 2.73. The Balaban J connectivity index is 1.90. The number of anilines is 2. The van der Waals surface area contributed by atoms with Gasteiger partial charge in [0.05, 0.1) is 11.4 Å². The molecule has 1 aliphatic rings. The third-order valence-electron chi connectivity index (χ3n) is 2.99. The van der Waals surface area contributed by atoms with Gasteiger partial charge in [-0.25, -0.2) is 4.98 Å². The van der Waals surface area contributed by atoms with Gasteiger partial charge in [-0.05, 0) is 25.1 Å². The molecule has 1 aromatic carbocycles. The molecule has 0 radical (unpaired) electrons. The molecule has 2 heterocycles. The van der Waals surface area contributed by atoms with E-state index in [9.17, 15) is 9.59 Å². The van der Waals surface area contributed by atoms with Gasteiger partial charge in [-0.1, -0.05) is 0 Å². The van der Waals surface area contributed by atoms with Gasteiger partial charge in [0, 0.05) is 17.9 Å². The zero-order chi connectivity index (χ0) is 15.0. The van der Waals surface area contributed by atoms with Crippen molar-refractivity contribution in [3.05, 3.63) is 23.6 Å². The maximum Gasteiger partial charge on any atom is 0.265 e. The number of ether oxygens (including phenoxy) is 1. The summed E-state index contributed by atoms with van der Waals surface area (Å²) in [6.07, 6.45) is -0.492. The van der Waals surface area contributed by atoms with Gasteiger partial charge in [0.1, 0.15) is 5.75 Å². The fourth-order valence-electron chi connectivity index (χ4n) is 1.98. The van der Waals surface area contributed by atoms with E-state index in [1.54, 1.807) is 13.0 Å². The minimum absolute atomic E-state index is 0.156. The Kier molecular flexibility index (Phi) is 3.34. The van der Waals surface area contributed by atoms with Crippen molar-refractivity contribution in [1.82, 2.24) is 4.98 Å². The zero-order valence-corrected chi connectivity index (χ0v) is 12.3. The summed E-state index contributed by atoms with van der Waals surface area (Å²) in [6.45, 7) is 3.14. The number of rotatable bonds is 2. The molecule has 3 rings (SSSR count). The van der Waals surface area contributed by atoms with E-state index in [2.05, 4.69) is 15.6 Å². The third-order valence-corrected chi connectivity index (χ3v) is 3.75. The molecule has 2 aromatic rings. The van der Waals surface area contributed by atoms with Crippen LogP contribution in [-0.4, -0.2) is 22.9 Å². The van der Waals surface area contributed by atoms with Gasteiger partial charge in [0.2, 0.25) is 5.91 Å². The second-order valence-electron chi connectivity index (χ2n) is 4.68. The van der Waals surface area contributed by atoms with Crippen LogP contribution in [0.5, 0.6) is 5.75 Å². The first-order chi connectivity index (χ1) is 10.0. The zero-order valence-electron chi connectivity index (χ0n) is 11.5. The predicted molar refractivity (Wildman–Crippen MR) is 80.6 cm³/mol. The van der Waals surface area contributed by atoms with Crippen LogP contribution >= 0.6 is 11.3 Å². The molecule has 0 fully saturated rings. The van der Waals surface area contributed by atoms with E-state index in [1.165, 1.54) is 18.3 Å². The van der Waals surface area contributed by atoms with Crippen LogP contribution in [-0.2, 0) is 9.59 Å². The molecule has 0 unspecified atom stereocenters. The number of hydrogen-bond donors (Lipinski definition) is 2. The molecule has 1 atom stereocenters. The Morgan fingerprint density at radius 1 is 1.48 bits per heavy atom. The number of carbonyl (C=O) groups excluding carboxylic acids is 2. The van der Waals surface area contributed by atoms with Crippen molar-refractivity contribution in [3.8, 4) is 17.0 Å². The summed E-state index contributed by atoms with van der Waals surface area (Å²) < 4.78 is 5.51. The van der Waals surface area contributed by atoms with Crippen molar-refractivity contribution in [2.45, 2.75) is 20.0 Å². The summed E-state index contributed by atoms with van der Waals surface area (Å²) in [6, 6.07) is 5.49.